The van der Waals surface area contributed by atoms with Gasteiger partial charge in [-0.1, -0.05) is 6.92 Å². The van der Waals surface area contributed by atoms with Gasteiger partial charge in [-0.15, -0.1) is 11.3 Å². The molecule has 1 aliphatic heterocycles. The maximum absolute atomic E-state index is 12.5. The van der Waals surface area contributed by atoms with Gasteiger partial charge in [0.1, 0.15) is 5.82 Å². The van der Waals surface area contributed by atoms with Crippen molar-refractivity contribution in [1.82, 2.24) is 15.0 Å². The minimum Gasteiger partial charge on any atom is -0.355 e. The van der Waals surface area contributed by atoms with Gasteiger partial charge in [-0.2, -0.15) is 0 Å². The fraction of sp³-hybridized carbons (Fsp3) is 0.500. The maximum atomic E-state index is 12.5. The van der Waals surface area contributed by atoms with E-state index in [1.54, 1.807) is 29.9 Å². The van der Waals surface area contributed by atoms with Gasteiger partial charge in [-0.05, 0) is 26.2 Å². The Labute approximate surface area is 140 Å². The Morgan fingerprint density at radius 2 is 2.35 bits per heavy atom. The number of carbonyl (C=O) groups is 1. The summed E-state index contributed by atoms with van der Waals surface area (Å²) in [4.78, 5) is 28.8. The topological polar surface area (TPSA) is 71.0 Å². The van der Waals surface area contributed by atoms with Crippen LogP contribution < -0.4 is 10.2 Å². The number of hydrogen-bond acceptors (Lipinski definition) is 6. The number of carbonyl (C=O) groups excluding carboxylic acids is 1. The number of rotatable bonds is 4. The van der Waals surface area contributed by atoms with E-state index in [1.807, 2.05) is 6.92 Å². The molecule has 3 heterocycles. The first-order valence-electron chi connectivity index (χ1n) is 7.95. The lowest BCUT2D eigenvalue weighted by atomic mass is 9.97. The normalized spacial score (nSPS) is 18.0. The van der Waals surface area contributed by atoms with Gasteiger partial charge >= 0.3 is 0 Å². The zero-order valence-corrected chi connectivity index (χ0v) is 14.3. The van der Waals surface area contributed by atoms with Crippen LogP contribution in [0.4, 0.5) is 10.9 Å². The Balaban J connectivity index is 1.65. The SMILES string of the molecule is CCc1nc(NC(=O)C2CCCN(c3cnccn3)C2)sc1C. The monoisotopic (exact) mass is 331 g/mol. The van der Waals surface area contributed by atoms with E-state index in [2.05, 4.69) is 32.1 Å². The first-order chi connectivity index (χ1) is 11.2. The molecule has 0 aromatic carbocycles. The first-order valence-corrected chi connectivity index (χ1v) is 8.77. The van der Waals surface area contributed by atoms with Crippen LogP contribution in [-0.4, -0.2) is 33.9 Å². The van der Waals surface area contributed by atoms with Crippen LogP contribution >= 0.6 is 11.3 Å². The van der Waals surface area contributed by atoms with Crippen molar-refractivity contribution in [2.75, 3.05) is 23.3 Å². The molecule has 1 N–H and O–H groups in total. The van der Waals surface area contributed by atoms with Crippen LogP contribution in [0.1, 0.15) is 30.3 Å². The van der Waals surface area contributed by atoms with Crippen LogP contribution in [0.3, 0.4) is 0 Å². The molecular weight excluding hydrogens is 310 g/mol. The molecule has 0 bridgehead atoms. The van der Waals surface area contributed by atoms with E-state index in [0.29, 0.717) is 11.7 Å². The smallest absolute Gasteiger partial charge is 0.231 e. The van der Waals surface area contributed by atoms with E-state index in [-0.39, 0.29) is 11.8 Å². The van der Waals surface area contributed by atoms with Gasteiger partial charge in [0.15, 0.2) is 5.13 Å². The molecule has 0 spiro atoms. The number of thiazole rings is 1. The predicted molar refractivity (Wildman–Crippen MR) is 91.8 cm³/mol. The largest absolute Gasteiger partial charge is 0.355 e. The molecule has 7 heteroatoms. The Hall–Kier alpha value is -2.02. The van der Waals surface area contributed by atoms with E-state index in [9.17, 15) is 4.79 Å². The first kappa shape index (κ1) is 15.9. The zero-order chi connectivity index (χ0) is 16.2. The molecule has 6 nitrogen and oxygen atoms in total. The lowest BCUT2D eigenvalue weighted by Crippen LogP contribution is -2.41. The number of hydrogen-bond donors (Lipinski definition) is 1. The highest BCUT2D eigenvalue weighted by Gasteiger charge is 2.27. The maximum Gasteiger partial charge on any atom is 0.231 e. The molecule has 1 aliphatic rings. The van der Waals surface area contributed by atoms with Gasteiger partial charge in [0.2, 0.25) is 5.91 Å². The summed E-state index contributed by atoms with van der Waals surface area (Å²) in [6.07, 6.45) is 7.86. The van der Waals surface area contributed by atoms with Crippen molar-refractivity contribution in [3.05, 3.63) is 29.2 Å². The van der Waals surface area contributed by atoms with Crippen molar-refractivity contribution in [1.29, 1.82) is 0 Å². The van der Waals surface area contributed by atoms with Crippen LogP contribution in [0.2, 0.25) is 0 Å². The van der Waals surface area contributed by atoms with Gasteiger partial charge in [-0.25, -0.2) is 9.97 Å². The molecule has 2 aromatic heterocycles. The van der Waals surface area contributed by atoms with E-state index in [4.69, 9.17) is 0 Å². The van der Waals surface area contributed by atoms with Gasteiger partial charge in [0.25, 0.3) is 0 Å². The zero-order valence-electron chi connectivity index (χ0n) is 13.5. The molecule has 1 fully saturated rings. The second-order valence-electron chi connectivity index (χ2n) is 5.71. The summed E-state index contributed by atoms with van der Waals surface area (Å²) < 4.78 is 0. The summed E-state index contributed by atoms with van der Waals surface area (Å²) in [5, 5.41) is 3.69. The number of aromatic nitrogens is 3. The average molecular weight is 331 g/mol. The molecule has 3 rings (SSSR count). The van der Waals surface area contributed by atoms with E-state index in [1.165, 1.54) is 4.88 Å². The molecule has 1 saturated heterocycles. The molecule has 1 amide bonds. The summed E-state index contributed by atoms with van der Waals surface area (Å²) in [7, 11) is 0. The van der Waals surface area contributed by atoms with Crippen LogP contribution in [0, 0.1) is 12.8 Å². The van der Waals surface area contributed by atoms with Crippen LogP contribution in [0.15, 0.2) is 18.6 Å². The molecule has 122 valence electrons. The highest BCUT2D eigenvalue weighted by atomic mass is 32.1. The summed E-state index contributed by atoms with van der Waals surface area (Å²) in [5.74, 6) is 0.846. The van der Waals surface area contributed by atoms with Crippen molar-refractivity contribution in [3.8, 4) is 0 Å². The lowest BCUT2D eigenvalue weighted by molar-refractivity contribution is -0.120. The van der Waals surface area contributed by atoms with Crippen molar-refractivity contribution in [2.24, 2.45) is 5.92 Å². The molecule has 0 radical (unpaired) electrons. The third kappa shape index (κ3) is 3.67. The number of amides is 1. The van der Waals surface area contributed by atoms with Crippen molar-refractivity contribution < 1.29 is 4.79 Å². The fourth-order valence-electron chi connectivity index (χ4n) is 2.87. The quantitative estimate of drug-likeness (QED) is 0.932. The molecule has 23 heavy (non-hydrogen) atoms. The van der Waals surface area contributed by atoms with Crippen LogP contribution in [0.5, 0.6) is 0 Å². The highest BCUT2D eigenvalue weighted by molar-refractivity contribution is 7.15. The summed E-state index contributed by atoms with van der Waals surface area (Å²) in [6, 6.07) is 0. The lowest BCUT2D eigenvalue weighted by Gasteiger charge is -2.32. The van der Waals surface area contributed by atoms with Gasteiger partial charge in [0, 0.05) is 30.4 Å². The Morgan fingerprint density at radius 1 is 1.48 bits per heavy atom. The standard InChI is InChI=1S/C16H21N5OS/c1-3-13-11(2)23-16(19-13)20-15(22)12-5-4-8-21(10-12)14-9-17-6-7-18-14/h6-7,9,12H,3-5,8,10H2,1-2H3,(H,19,20,22). The number of anilines is 2. The molecule has 2 aromatic rings. The Morgan fingerprint density at radius 3 is 3.04 bits per heavy atom. The van der Waals surface area contributed by atoms with Crippen molar-refractivity contribution >= 4 is 28.2 Å². The van der Waals surface area contributed by atoms with Gasteiger partial charge in [0.05, 0.1) is 17.8 Å². The molecule has 1 unspecified atom stereocenters. The number of nitrogens with zero attached hydrogens (tertiary/aromatic N) is 4. The average Bonchev–Trinajstić information content (AvgIpc) is 2.95. The Bertz CT molecular complexity index is 672. The van der Waals surface area contributed by atoms with Gasteiger partial charge < -0.3 is 10.2 Å². The van der Waals surface area contributed by atoms with Crippen LogP contribution in [-0.2, 0) is 11.2 Å². The number of aryl methyl sites for hydroxylation is 2. The number of nitrogens with one attached hydrogen (secondary N) is 1. The van der Waals surface area contributed by atoms with Crippen molar-refractivity contribution in [2.45, 2.75) is 33.1 Å². The summed E-state index contributed by atoms with van der Waals surface area (Å²) in [5.41, 5.74) is 1.06. The third-order valence-electron chi connectivity index (χ3n) is 4.12. The van der Waals surface area contributed by atoms with E-state index in [0.717, 1.165) is 37.3 Å². The molecular formula is C16H21N5OS. The highest BCUT2D eigenvalue weighted by Crippen LogP contribution is 2.25. The third-order valence-corrected chi connectivity index (χ3v) is 5.05. The predicted octanol–water partition coefficient (Wildman–Crippen LogP) is 2.66. The minimum atomic E-state index is -0.0416. The molecule has 0 aliphatic carbocycles. The van der Waals surface area contributed by atoms with Gasteiger partial charge in [-0.3, -0.25) is 9.78 Å². The fourth-order valence-corrected chi connectivity index (χ4v) is 3.78. The molecule has 1 atom stereocenters. The second kappa shape index (κ2) is 7.04. The van der Waals surface area contributed by atoms with E-state index >= 15 is 0 Å². The second-order valence-corrected chi connectivity index (χ2v) is 6.92. The Kier molecular flexibility index (Phi) is 4.85. The molecule has 0 saturated carbocycles. The number of piperidine rings is 1. The van der Waals surface area contributed by atoms with E-state index < -0.39 is 0 Å². The minimum absolute atomic E-state index is 0.0416. The van der Waals surface area contributed by atoms with Crippen LogP contribution in [0.25, 0.3) is 0 Å². The summed E-state index contributed by atoms with van der Waals surface area (Å²) >= 11 is 1.55. The van der Waals surface area contributed by atoms with Crippen molar-refractivity contribution in [3.63, 3.8) is 0 Å². The summed E-state index contributed by atoms with van der Waals surface area (Å²) in [6.45, 7) is 5.71.